The third-order valence-corrected chi connectivity index (χ3v) is 4.71. The topological polar surface area (TPSA) is 9.23 Å². The number of aryl methyl sites for hydroxylation is 1. The molecule has 0 aromatic heterocycles. The van der Waals surface area contributed by atoms with Gasteiger partial charge in [0.25, 0.3) is 0 Å². The van der Waals surface area contributed by atoms with Crippen molar-refractivity contribution < 1.29 is 4.74 Å². The van der Waals surface area contributed by atoms with Gasteiger partial charge in [0.2, 0.25) is 0 Å². The minimum absolute atomic E-state index is 0.176. The molecule has 0 spiro atoms. The largest absolute Gasteiger partial charge is 0.496 e. The van der Waals surface area contributed by atoms with Crippen molar-refractivity contribution in [3.8, 4) is 16.9 Å². The van der Waals surface area contributed by atoms with Crippen molar-refractivity contribution in [2.75, 3.05) is 7.11 Å². The highest BCUT2D eigenvalue weighted by atomic mass is 16.5. The van der Waals surface area contributed by atoms with Gasteiger partial charge in [0.1, 0.15) is 5.75 Å². The van der Waals surface area contributed by atoms with E-state index in [9.17, 15) is 0 Å². The lowest BCUT2D eigenvalue weighted by Crippen LogP contribution is -2.10. The second-order valence-corrected chi connectivity index (χ2v) is 7.66. The summed E-state index contributed by atoms with van der Waals surface area (Å²) in [6.45, 7) is 11.1. The van der Waals surface area contributed by atoms with Crippen molar-refractivity contribution in [3.63, 3.8) is 0 Å². The molecule has 0 heterocycles. The first kappa shape index (κ1) is 15.9. The second-order valence-electron chi connectivity index (χ2n) is 7.66. The fourth-order valence-electron chi connectivity index (χ4n) is 3.48. The first-order chi connectivity index (χ1) is 10.8. The molecule has 0 saturated heterocycles. The van der Waals surface area contributed by atoms with Gasteiger partial charge < -0.3 is 4.74 Å². The molecule has 0 saturated carbocycles. The second kappa shape index (κ2) is 5.56. The highest BCUT2D eigenvalue weighted by Crippen LogP contribution is 2.42. The predicted octanol–water partition coefficient (Wildman–Crippen LogP) is 5.93. The highest BCUT2D eigenvalue weighted by molar-refractivity contribution is 5.83. The molecule has 0 bridgehead atoms. The van der Waals surface area contributed by atoms with E-state index in [-0.39, 0.29) is 5.41 Å². The van der Waals surface area contributed by atoms with Crippen molar-refractivity contribution in [1.82, 2.24) is 0 Å². The van der Waals surface area contributed by atoms with Gasteiger partial charge in [-0.05, 0) is 59.6 Å². The summed E-state index contributed by atoms with van der Waals surface area (Å²) in [4.78, 5) is 0. The zero-order valence-corrected chi connectivity index (χ0v) is 15.1. The monoisotopic (exact) mass is 306 g/mol. The van der Waals surface area contributed by atoms with E-state index in [2.05, 4.69) is 71.0 Å². The van der Waals surface area contributed by atoms with Crippen LogP contribution < -0.4 is 4.74 Å². The van der Waals surface area contributed by atoms with Gasteiger partial charge >= 0.3 is 0 Å². The molecule has 0 unspecified atom stereocenters. The zero-order chi connectivity index (χ0) is 16.8. The highest BCUT2D eigenvalue weighted by Gasteiger charge is 2.22. The molecule has 0 fully saturated rings. The van der Waals surface area contributed by atoms with Gasteiger partial charge in [-0.3, -0.25) is 0 Å². The molecule has 1 heteroatoms. The Morgan fingerprint density at radius 2 is 1.65 bits per heavy atom. The summed E-state index contributed by atoms with van der Waals surface area (Å²) in [6, 6.07) is 11.2. The SMILES string of the molecule is COc1c(C)cc2c(c1-c1ccc(C(C)(C)C)cc1)CC(C)=C2. The number of ether oxygens (including phenoxy) is 1. The maximum Gasteiger partial charge on any atom is 0.129 e. The summed E-state index contributed by atoms with van der Waals surface area (Å²) in [6.07, 6.45) is 3.32. The van der Waals surface area contributed by atoms with E-state index in [4.69, 9.17) is 4.74 Å². The molecule has 0 radical (unpaired) electrons. The number of methoxy groups -OCH3 is 1. The van der Waals surface area contributed by atoms with Gasteiger partial charge in [0.15, 0.2) is 0 Å². The van der Waals surface area contributed by atoms with Crippen molar-refractivity contribution >= 4 is 6.08 Å². The van der Waals surface area contributed by atoms with Crippen molar-refractivity contribution in [2.24, 2.45) is 0 Å². The Morgan fingerprint density at radius 3 is 2.22 bits per heavy atom. The van der Waals surface area contributed by atoms with Gasteiger partial charge in [-0.1, -0.05) is 56.7 Å². The average molecular weight is 306 g/mol. The Kier molecular flexibility index (Phi) is 3.83. The Morgan fingerprint density at radius 1 is 1.00 bits per heavy atom. The predicted molar refractivity (Wildman–Crippen MR) is 99.2 cm³/mol. The van der Waals surface area contributed by atoms with Gasteiger partial charge in [-0.15, -0.1) is 0 Å². The smallest absolute Gasteiger partial charge is 0.129 e. The molecular weight excluding hydrogens is 280 g/mol. The van der Waals surface area contributed by atoms with Crippen LogP contribution in [0.4, 0.5) is 0 Å². The summed E-state index contributed by atoms with van der Waals surface area (Å²) in [7, 11) is 1.77. The normalized spacial score (nSPS) is 13.7. The Balaban J connectivity index is 2.17. The molecule has 3 rings (SSSR count). The van der Waals surface area contributed by atoms with E-state index >= 15 is 0 Å². The van der Waals surface area contributed by atoms with Crippen LogP contribution in [0.1, 0.15) is 49.9 Å². The molecule has 1 nitrogen and oxygen atoms in total. The van der Waals surface area contributed by atoms with Crippen molar-refractivity contribution in [2.45, 2.75) is 46.5 Å². The van der Waals surface area contributed by atoms with E-state index < -0.39 is 0 Å². The lowest BCUT2D eigenvalue weighted by molar-refractivity contribution is 0.413. The van der Waals surface area contributed by atoms with Gasteiger partial charge in [-0.25, -0.2) is 0 Å². The Labute approximate surface area is 140 Å². The molecule has 0 aliphatic heterocycles. The minimum atomic E-state index is 0.176. The summed E-state index contributed by atoms with van der Waals surface area (Å²) in [5, 5.41) is 0. The lowest BCUT2D eigenvalue weighted by Gasteiger charge is -2.21. The van der Waals surface area contributed by atoms with E-state index in [0.29, 0.717) is 0 Å². The molecule has 1 aliphatic rings. The van der Waals surface area contributed by atoms with Crippen molar-refractivity contribution in [3.05, 3.63) is 58.2 Å². The number of rotatable bonds is 2. The fraction of sp³-hybridized carbons (Fsp3) is 0.364. The lowest BCUT2D eigenvalue weighted by atomic mass is 9.85. The van der Waals surface area contributed by atoms with Crippen LogP contribution in [-0.4, -0.2) is 7.11 Å². The van der Waals surface area contributed by atoms with Gasteiger partial charge in [-0.2, -0.15) is 0 Å². The molecule has 120 valence electrons. The van der Waals surface area contributed by atoms with Crippen LogP contribution in [0.3, 0.4) is 0 Å². The summed E-state index contributed by atoms with van der Waals surface area (Å²) in [5.74, 6) is 1.01. The van der Waals surface area contributed by atoms with E-state index in [1.807, 2.05) is 0 Å². The van der Waals surface area contributed by atoms with Crippen LogP contribution in [0, 0.1) is 6.92 Å². The molecular formula is C22H26O. The Bertz CT molecular complexity index is 771. The summed E-state index contributed by atoms with van der Waals surface area (Å²) < 4.78 is 5.77. The average Bonchev–Trinajstić information content (AvgIpc) is 2.84. The number of hydrogen-bond acceptors (Lipinski definition) is 1. The fourth-order valence-corrected chi connectivity index (χ4v) is 3.48. The molecule has 0 N–H and O–H groups in total. The Hall–Kier alpha value is -2.02. The van der Waals surface area contributed by atoms with Crippen LogP contribution in [0.2, 0.25) is 0 Å². The number of benzene rings is 2. The van der Waals surface area contributed by atoms with E-state index in [0.717, 1.165) is 12.2 Å². The molecule has 0 atom stereocenters. The molecule has 23 heavy (non-hydrogen) atoms. The number of hydrogen-bond donors (Lipinski definition) is 0. The molecule has 2 aromatic carbocycles. The molecule has 1 aliphatic carbocycles. The standard InChI is InChI=1S/C22H26O/c1-14-11-17-13-15(2)21(23-6)20(19(17)12-14)16-7-9-18(10-8-16)22(3,4)5/h7-11,13H,12H2,1-6H3. The third kappa shape index (κ3) is 2.81. The maximum atomic E-state index is 5.77. The first-order valence-electron chi connectivity index (χ1n) is 8.30. The van der Waals surface area contributed by atoms with Crippen LogP contribution >= 0.6 is 0 Å². The molecule has 0 amide bonds. The third-order valence-electron chi connectivity index (χ3n) is 4.71. The van der Waals surface area contributed by atoms with Gasteiger partial charge in [0.05, 0.1) is 7.11 Å². The summed E-state index contributed by atoms with van der Waals surface area (Å²) >= 11 is 0. The van der Waals surface area contributed by atoms with Crippen LogP contribution in [0.15, 0.2) is 35.9 Å². The van der Waals surface area contributed by atoms with Crippen LogP contribution in [0.5, 0.6) is 5.75 Å². The minimum Gasteiger partial charge on any atom is -0.496 e. The van der Waals surface area contributed by atoms with Crippen LogP contribution in [-0.2, 0) is 11.8 Å². The number of allylic oxidation sites excluding steroid dienone is 1. The first-order valence-corrected chi connectivity index (χ1v) is 8.30. The van der Waals surface area contributed by atoms with Crippen LogP contribution in [0.25, 0.3) is 17.2 Å². The van der Waals surface area contributed by atoms with E-state index in [1.54, 1.807) is 7.11 Å². The van der Waals surface area contributed by atoms with E-state index in [1.165, 1.54) is 39.0 Å². The van der Waals surface area contributed by atoms with Gasteiger partial charge in [0, 0.05) is 5.56 Å². The maximum absolute atomic E-state index is 5.77. The zero-order valence-electron chi connectivity index (χ0n) is 15.1. The molecule has 2 aromatic rings. The van der Waals surface area contributed by atoms with Crippen molar-refractivity contribution in [1.29, 1.82) is 0 Å². The number of fused-ring (bicyclic) bond motifs is 1. The summed E-state index contributed by atoms with van der Waals surface area (Å²) in [5.41, 5.74) is 9.40. The quantitative estimate of drug-likeness (QED) is 0.668.